The molecule has 0 aliphatic carbocycles. The van der Waals surface area contributed by atoms with E-state index in [1.807, 2.05) is 0 Å². The van der Waals surface area contributed by atoms with Gasteiger partial charge in [-0.05, 0) is 61.4 Å². The molecule has 2 unspecified atom stereocenters. The molecule has 2 aromatic rings. The van der Waals surface area contributed by atoms with E-state index < -0.39 is 29.9 Å². The van der Waals surface area contributed by atoms with Crippen LogP contribution in [0.1, 0.15) is 25.0 Å². The summed E-state index contributed by atoms with van der Waals surface area (Å²) in [6.07, 6.45) is 5.19. The van der Waals surface area contributed by atoms with Crippen molar-refractivity contribution in [3.63, 3.8) is 0 Å². The number of carbonyl (C=O) groups excluding carboxylic acids is 3. The van der Waals surface area contributed by atoms with Gasteiger partial charge in [-0.15, -0.1) is 0 Å². The first-order chi connectivity index (χ1) is 18.6. The van der Waals surface area contributed by atoms with Crippen LogP contribution in [0.2, 0.25) is 0 Å². The molecule has 0 saturated carbocycles. The van der Waals surface area contributed by atoms with E-state index >= 15 is 0 Å². The maximum atomic E-state index is 12.3. The highest BCUT2D eigenvalue weighted by Crippen LogP contribution is 2.30. The number of ether oxygens (including phenoxy) is 6. The molecule has 2 aromatic carbocycles. The Labute approximate surface area is 227 Å². The van der Waals surface area contributed by atoms with E-state index in [9.17, 15) is 19.5 Å². The number of allylic oxidation sites excluding steroid dienone is 3. The fourth-order valence-electron chi connectivity index (χ4n) is 3.18. The third-order valence-corrected chi connectivity index (χ3v) is 5.23. The number of methoxy groups -OCH3 is 4. The zero-order chi connectivity index (χ0) is 28.9. The molecule has 0 amide bonds. The van der Waals surface area contributed by atoms with Gasteiger partial charge in [0.1, 0.15) is 5.76 Å². The summed E-state index contributed by atoms with van der Waals surface area (Å²) < 4.78 is 31.1. The molecule has 0 fully saturated rings. The van der Waals surface area contributed by atoms with Gasteiger partial charge >= 0.3 is 11.9 Å². The van der Waals surface area contributed by atoms with Crippen LogP contribution in [-0.4, -0.2) is 63.5 Å². The third kappa shape index (κ3) is 9.26. The topological polar surface area (TPSA) is 127 Å². The summed E-state index contributed by atoms with van der Waals surface area (Å²) >= 11 is 0. The van der Waals surface area contributed by atoms with E-state index in [1.165, 1.54) is 40.6 Å². The Hall–Kier alpha value is -4.73. The van der Waals surface area contributed by atoms with Crippen LogP contribution in [0.3, 0.4) is 0 Å². The molecule has 0 aromatic heterocycles. The van der Waals surface area contributed by atoms with Crippen LogP contribution in [0.5, 0.6) is 23.0 Å². The van der Waals surface area contributed by atoms with Crippen molar-refractivity contribution in [2.45, 2.75) is 26.1 Å². The van der Waals surface area contributed by atoms with E-state index in [0.29, 0.717) is 34.1 Å². The lowest BCUT2D eigenvalue weighted by Gasteiger charge is -2.15. The standard InChI is InChI=1S/C29H32O10/c1-18(28(32)36-5)38-24-13-9-20(15-26(24)34-3)7-11-22(30)17-23(31)12-8-21-10-14-25(27(16-21)35-4)39-19(2)29(33)37-6/h7-19,30H,1-6H3/b11-7+,12-8+,22-17-. The molecule has 0 aliphatic heterocycles. The zero-order valence-electron chi connectivity index (χ0n) is 22.6. The Balaban J connectivity index is 2.07. The molecule has 208 valence electrons. The molecule has 1 N–H and O–H groups in total. The molecule has 0 radical (unpaired) electrons. The van der Waals surface area contributed by atoms with Gasteiger partial charge in [0.05, 0.1) is 28.4 Å². The highest BCUT2D eigenvalue weighted by Gasteiger charge is 2.18. The van der Waals surface area contributed by atoms with Gasteiger partial charge in [-0.25, -0.2) is 9.59 Å². The van der Waals surface area contributed by atoms with Gasteiger partial charge in [0.25, 0.3) is 0 Å². The maximum absolute atomic E-state index is 12.3. The second-order valence-electron chi connectivity index (χ2n) is 8.03. The molecule has 0 saturated heterocycles. The van der Waals surface area contributed by atoms with Crippen LogP contribution in [0, 0.1) is 0 Å². The molecule has 0 heterocycles. The van der Waals surface area contributed by atoms with Crippen LogP contribution >= 0.6 is 0 Å². The summed E-state index contributed by atoms with van der Waals surface area (Å²) in [5, 5.41) is 10.2. The number of carbonyl (C=O) groups is 3. The fourth-order valence-corrected chi connectivity index (χ4v) is 3.18. The second-order valence-corrected chi connectivity index (χ2v) is 8.03. The van der Waals surface area contributed by atoms with Gasteiger partial charge < -0.3 is 33.5 Å². The molecule has 0 aliphatic rings. The minimum Gasteiger partial charge on any atom is -0.508 e. The second kappa shape index (κ2) is 14.9. The first-order valence-electron chi connectivity index (χ1n) is 11.8. The lowest BCUT2D eigenvalue weighted by atomic mass is 10.1. The zero-order valence-corrected chi connectivity index (χ0v) is 22.6. The first-order valence-corrected chi connectivity index (χ1v) is 11.8. The van der Waals surface area contributed by atoms with E-state index in [0.717, 1.165) is 6.08 Å². The third-order valence-electron chi connectivity index (χ3n) is 5.23. The van der Waals surface area contributed by atoms with Gasteiger partial charge in [-0.3, -0.25) is 4.79 Å². The highest BCUT2D eigenvalue weighted by atomic mass is 16.6. The molecule has 2 atom stereocenters. The predicted molar refractivity (Wildman–Crippen MR) is 144 cm³/mol. The van der Waals surface area contributed by atoms with Crippen LogP contribution in [0.4, 0.5) is 0 Å². The molecule has 0 spiro atoms. The monoisotopic (exact) mass is 540 g/mol. The number of hydrogen-bond donors (Lipinski definition) is 1. The maximum Gasteiger partial charge on any atom is 0.346 e. The lowest BCUT2D eigenvalue weighted by molar-refractivity contribution is -0.148. The number of aliphatic hydroxyl groups excluding tert-OH is 1. The predicted octanol–water partition coefficient (Wildman–Crippen LogP) is 4.32. The molecule has 10 heteroatoms. The molecule has 10 nitrogen and oxygen atoms in total. The summed E-state index contributed by atoms with van der Waals surface area (Å²) in [5.41, 5.74) is 1.29. The minimum atomic E-state index is -0.823. The summed E-state index contributed by atoms with van der Waals surface area (Å²) in [6, 6.07) is 9.89. The van der Waals surface area contributed by atoms with Crippen molar-refractivity contribution >= 4 is 29.9 Å². The smallest absolute Gasteiger partial charge is 0.346 e. The lowest BCUT2D eigenvalue weighted by Crippen LogP contribution is -2.25. The van der Waals surface area contributed by atoms with Crippen molar-refractivity contribution in [1.82, 2.24) is 0 Å². The number of rotatable bonds is 13. The van der Waals surface area contributed by atoms with Gasteiger partial charge in [-0.1, -0.05) is 24.3 Å². The van der Waals surface area contributed by atoms with Crippen molar-refractivity contribution in [3.05, 3.63) is 71.5 Å². The van der Waals surface area contributed by atoms with Gasteiger partial charge in [0.2, 0.25) is 0 Å². The highest BCUT2D eigenvalue weighted by molar-refractivity contribution is 6.02. The van der Waals surface area contributed by atoms with E-state index in [-0.39, 0.29) is 5.76 Å². The van der Waals surface area contributed by atoms with E-state index in [2.05, 4.69) is 9.47 Å². The Morgan fingerprint density at radius 3 is 1.54 bits per heavy atom. The summed E-state index contributed by atoms with van der Waals surface area (Å²) in [5.74, 6) is -0.323. The number of ketones is 1. The van der Waals surface area contributed by atoms with E-state index in [1.54, 1.807) is 62.4 Å². The quantitative estimate of drug-likeness (QED) is 0.170. The number of aliphatic hydroxyl groups is 1. The number of hydrogen-bond acceptors (Lipinski definition) is 10. The Morgan fingerprint density at radius 2 is 1.13 bits per heavy atom. The van der Waals surface area contributed by atoms with Crippen LogP contribution < -0.4 is 18.9 Å². The first kappa shape index (κ1) is 30.5. The van der Waals surface area contributed by atoms with Crippen molar-refractivity contribution in [1.29, 1.82) is 0 Å². The fraction of sp³-hybridized carbons (Fsp3) is 0.276. The normalized spacial score (nSPS) is 13.0. The van der Waals surface area contributed by atoms with Crippen molar-refractivity contribution in [3.8, 4) is 23.0 Å². The van der Waals surface area contributed by atoms with Gasteiger partial charge in [0.15, 0.2) is 41.0 Å². The van der Waals surface area contributed by atoms with Crippen LogP contribution in [0.25, 0.3) is 12.2 Å². The average Bonchev–Trinajstić information content (AvgIpc) is 2.94. The Bertz CT molecular complexity index is 1260. The van der Waals surface area contributed by atoms with Gasteiger partial charge in [-0.2, -0.15) is 0 Å². The molecular formula is C29H32O10. The van der Waals surface area contributed by atoms with Crippen LogP contribution in [-0.2, 0) is 23.9 Å². The van der Waals surface area contributed by atoms with Crippen molar-refractivity contribution < 1.29 is 47.9 Å². The Kier molecular flexibility index (Phi) is 11.6. The minimum absolute atomic E-state index is 0.263. The van der Waals surface area contributed by atoms with Crippen molar-refractivity contribution in [2.24, 2.45) is 0 Å². The van der Waals surface area contributed by atoms with E-state index in [4.69, 9.17) is 18.9 Å². The SMILES string of the molecule is COC(=O)C(C)Oc1ccc(/C=C/C(=O)/C=C(O)/C=C/c2ccc(OC(C)C(=O)OC)c(OC)c2)cc1OC. The van der Waals surface area contributed by atoms with Gasteiger partial charge in [0, 0.05) is 6.08 Å². The largest absolute Gasteiger partial charge is 0.508 e. The molecule has 2 rings (SSSR count). The summed E-state index contributed by atoms with van der Waals surface area (Å²) in [7, 11) is 5.46. The van der Waals surface area contributed by atoms with Crippen molar-refractivity contribution in [2.75, 3.05) is 28.4 Å². The molecule has 39 heavy (non-hydrogen) atoms. The summed E-state index contributed by atoms with van der Waals surface area (Å²) in [4.78, 5) is 35.5. The average molecular weight is 541 g/mol. The van der Waals surface area contributed by atoms with Crippen LogP contribution in [0.15, 0.2) is 60.4 Å². The number of benzene rings is 2. The molecular weight excluding hydrogens is 508 g/mol. The molecule has 0 bridgehead atoms. The number of esters is 2. The summed E-state index contributed by atoms with van der Waals surface area (Å²) in [6.45, 7) is 3.11. The Morgan fingerprint density at radius 1 is 0.692 bits per heavy atom.